The summed E-state index contributed by atoms with van der Waals surface area (Å²) in [6, 6.07) is 16.8. The van der Waals surface area contributed by atoms with Crippen molar-refractivity contribution in [2.45, 2.75) is 66.2 Å². The Labute approximate surface area is 207 Å². The molecule has 0 saturated heterocycles. The van der Waals surface area contributed by atoms with Gasteiger partial charge >= 0.3 is 0 Å². The van der Waals surface area contributed by atoms with E-state index in [-0.39, 0.29) is 0 Å². The van der Waals surface area contributed by atoms with E-state index in [0.29, 0.717) is 11.3 Å². The van der Waals surface area contributed by atoms with E-state index in [2.05, 4.69) is 99.3 Å². The van der Waals surface area contributed by atoms with Crippen molar-refractivity contribution >= 4 is 49.0 Å². The summed E-state index contributed by atoms with van der Waals surface area (Å²) >= 11 is 0. The first-order chi connectivity index (χ1) is 16.7. The SMILES string of the molecule is Cc1ccc2c(c1)c1cc(C)c(C)c3c1n2c1cc(C2CCC(C)(C)CC2)cc2cc[n+](C)c3c21. The van der Waals surface area contributed by atoms with Crippen molar-refractivity contribution in [3.63, 3.8) is 0 Å². The van der Waals surface area contributed by atoms with E-state index in [4.69, 9.17) is 0 Å². The van der Waals surface area contributed by atoms with E-state index in [1.165, 1.54) is 96.9 Å². The molecule has 176 valence electrons. The Morgan fingerprint density at radius 1 is 0.857 bits per heavy atom. The number of rotatable bonds is 1. The van der Waals surface area contributed by atoms with Crippen molar-refractivity contribution in [2.75, 3.05) is 0 Å². The fourth-order valence-corrected chi connectivity index (χ4v) is 7.01. The molecule has 1 aliphatic carbocycles. The van der Waals surface area contributed by atoms with E-state index in [0.717, 1.165) is 0 Å². The second kappa shape index (κ2) is 6.97. The molecule has 0 atom stereocenters. The maximum Gasteiger partial charge on any atom is 0.224 e. The van der Waals surface area contributed by atoms with Crippen LogP contribution in [0.15, 0.2) is 48.7 Å². The van der Waals surface area contributed by atoms with E-state index in [1.54, 1.807) is 0 Å². The zero-order chi connectivity index (χ0) is 24.2. The molecule has 0 unspecified atom stereocenters. The van der Waals surface area contributed by atoms with E-state index < -0.39 is 0 Å². The first kappa shape index (κ1) is 21.2. The minimum Gasteiger partial charge on any atom is -0.307 e. The Kier molecular flexibility index (Phi) is 4.22. The molecule has 0 N–H and O–H groups in total. The molecule has 1 fully saturated rings. The largest absolute Gasteiger partial charge is 0.307 e. The summed E-state index contributed by atoms with van der Waals surface area (Å²) in [5.74, 6) is 0.654. The first-order valence-corrected chi connectivity index (χ1v) is 13.3. The van der Waals surface area contributed by atoms with Crippen LogP contribution in [0.1, 0.15) is 67.7 Å². The van der Waals surface area contributed by atoms with Gasteiger partial charge in [0, 0.05) is 16.8 Å². The maximum atomic E-state index is 2.59. The van der Waals surface area contributed by atoms with Gasteiger partial charge in [0.15, 0.2) is 6.20 Å². The number of pyridine rings is 2. The lowest BCUT2D eigenvalue weighted by atomic mass is 9.71. The molecule has 1 aliphatic rings. The second-order valence-corrected chi connectivity index (χ2v) is 12.2. The zero-order valence-electron chi connectivity index (χ0n) is 21.9. The molecule has 3 aromatic carbocycles. The average molecular weight is 460 g/mol. The molecule has 3 heterocycles. The molecular weight excluding hydrogens is 424 g/mol. The van der Waals surface area contributed by atoms with Gasteiger partial charge in [0.2, 0.25) is 5.52 Å². The molecule has 0 amide bonds. The van der Waals surface area contributed by atoms with Crippen molar-refractivity contribution in [3.8, 4) is 0 Å². The van der Waals surface area contributed by atoms with Gasteiger partial charge < -0.3 is 4.40 Å². The highest BCUT2D eigenvalue weighted by Gasteiger charge is 2.30. The van der Waals surface area contributed by atoms with Crippen molar-refractivity contribution in [3.05, 3.63) is 70.9 Å². The number of aryl methyl sites for hydroxylation is 4. The monoisotopic (exact) mass is 459 g/mol. The quantitative estimate of drug-likeness (QED) is 0.132. The van der Waals surface area contributed by atoms with Crippen LogP contribution in [0.5, 0.6) is 0 Å². The van der Waals surface area contributed by atoms with Gasteiger partial charge in [0.05, 0.1) is 27.3 Å². The third-order valence-electron chi connectivity index (χ3n) is 9.25. The van der Waals surface area contributed by atoms with Gasteiger partial charge in [0.25, 0.3) is 0 Å². The normalized spacial score (nSPS) is 17.1. The van der Waals surface area contributed by atoms with Gasteiger partial charge in [-0.3, -0.25) is 0 Å². The van der Waals surface area contributed by atoms with Gasteiger partial charge in [-0.2, -0.15) is 0 Å². The number of hydrogen-bond acceptors (Lipinski definition) is 0. The number of benzene rings is 3. The van der Waals surface area contributed by atoms with Crippen LogP contribution in [0.4, 0.5) is 0 Å². The van der Waals surface area contributed by atoms with E-state index >= 15 is 0 Å². The Morgan fingerprint density at radius 3 is 2.40 bits per heavy atom. The van der Waals surface area contributed by atoms with Crippen LogP contribution in [-0.4, -0.2) is 4.40 Å². The molecule has 6 aromatic rings. The van der Waals surface area contributed by atoms with Crippen molar-refractivity contribution in [1.29, 1.82) is 0 Å². The van der Waals surface area contributed by atoms with Crippen molar-refractivity contribution < 1.29 is 4.57 Å². The summed E-state index contributed by atoms with van der Waals surface area (Å²) in [5, 5.41) is 6.94. The van der Waals surface area contributed by atoms with Crippen molar-refractivity contribution in [2.24, 2.45) is 12.5 Å². The second-order valence-electron chi connectivity index (χ2n) is 12.2. The Bertz CT molecular complexity index is 1800. The minimum atomic E-state index is 0.484. The Hall–Kier alpha value is -3.13. The number of nitrogens with zero attached hydrogens (tertiary/aromatic N) is 2. The fourth-order valence-electron chi connectivity index (χ4n) is 7.01. The summed E-state index contributed by atoms with van der Waals surface area (Å²) in [4.78, 5) is 0. The van der Waals surface area contributed by atoms with E-state index in [1.807, 2.05) is 0 Å². The highest BCUT2D eigenvalue weighted by Crippen LogP contribution is 2.46. The van der Waals surface area contributed by atoms with Gasteiger partial charge in [0.1, 0.15) is 7.05 Å². The average Bonchev–Trinajstić information content (AvgIpc) is 3.13. The van der Waals surface area contributed by atoms with Crippen LogP contribution >= 0.6 is 0 Å². The van der Waals surface area contributed by atoms with Gasteiger partial charge in [-0.25, -0.2) is 4.57 Å². The molecule has 35 heavy (non-hydrogen) atoms. The fraction of sp³-hybridized carbons (Fsp3) is 0.364. The lowest BCUT2D eigenvalue weighted by Crippen LogP contribution is -2.29. The highest BCUT2D eigenvalue weighted by molar-refractivity contribution is 6.26. The molecule has 1 saturated carbocycles. The zero-order valence-corrected chi connectivity index (χ0v) is 21.9. The smallest absolute Gasteiger partial charge is 0.224 e. The third-order valence-corrected chi connectivity index (χ3v) is 9.25. The third kappa shape index (κ3) is 2.86. The summed E-state index contributed by atoms with van der Waals surface area (Å²) in [5.41, 5.74) is 11.5. The van der Waals surface area contributed by atoms with E-state index in [9.17, 15) is 0 Å². The lowest BCUT2D eigenvalue weighted by molar-refractivity contribution is -0.643. The van der Waals surface area contributed by atoms with Crippen LogP contribution < -0.4 is 4.57 Å². The molecule has 3 aromatic heterocycles. The molecule has 7 rings (SSSR count). The molecule has 2 heteroatoms. The number of fused-ring (bicyclic) bond motifs is 5. The van der Waals surface area contributed by atoms with Crippen LogP contribution in [0, 0.1) is 26.2 Å². The minimum absolute atomic E-state index is 0.484. The van der Waals surface area contributed by atoms with Crippen LogP contribution in [0.25, 0.3) is 49.0 Å². The van der Waals surface area contributed by atoms with Crippen LogP contribution in [0.3, 0.4) is 0 Å². The van der Waals surface area contributed by atoms with Gasteiger partial charge in [-0.15, -0.1) is 0 Å². The van der Waals surface area contributed by atoms with Crippen LogP contribution in [-0.2, 0) is 7.05 Å². The number of hydrogen-bond donors (Lipinski definition) is 0. The predicted octanol–water partition coefficient (Wildman–Crippen LogP) is 8.42. The lowest BCUT2D eigenvalue weighted by Gasteiger charge is -2.34. The molecule has 2 nitrogen and oxygen atoms in total. The molecule has 0 aliphatic heterocycles. The topological polar surface area (TPSA) is 8.29 Å². The molecular formula is C33H35N2+. The summed E-state index contributed by atoms with van der Waals surface area (Å²) in [6.45, 7) is 11.7. The summed E-state index contributed by atoms with van der Waals surface area (Å²) in [7, 11) is 2.21. The molecule has 0 bridgehead atoms. The van der Waals surface area contributed by atoms with Crippen LogP contribution in [0.2, 0.25) is 0 Å². The standard InChI is InChI=1S/C33H35N2/c1-19-7-8-27-25(15-19)26-16-20(2)21(3)29-31(26)35(27)28-18-24(22-9-12-33(4,5)13-10-22)17-23-11-14-34(6)32(29)30(23)28/h7-8,11,14-18,22H,9-10,12-13H2,1-6H3/q+1. The molecule has 0 spiro atoms. The highest BCUT2D eigenvalue weighted by atomic mass is 15.0. The Balaban J connectivity index is 1.70. The maximum absolute atomic E-state index is 2.59. The van der Waals surface area contributed by atoms with Gasteiger partial charge in [-0.05, 0) is 104 Å². The number of aromatic nitrogens is 2. The first-order valence-electron chi connectivity index (χ1n) is 13.3. The van der Waals surface area contributed by atoms with Crippen molar-refractivity contribution in [1.82, 2.24) is 4.40 Å². The summed E-state index contributed by atoms with van der Waals surface area (Å²) in [6.07, 6.45) is 7.49. The van der Waals surface area contributed by atoms with Gasteiger partial charge in [-0.1, -0.05) is 31.5 Å². The summed E-state index contributed by atoms with van der Waals surface area (Å²) < 4.78 is 4.94. The molecule has 0 radical (unpaired) electrons. The Morgan fingerprint density at radius 2 is 1.63 bits per heavy atom. The predicted molar refractivity (Wildman–Crippen MR) is 149 cm³/mol.